The lowest BCUT2D eigenvalue weighted by molar-refractivity contribution is -0.111. The molecule has 0 aromatic heterocycles. The molecule has 24 heavy (non-hydrogen) atoms. The highest BCUT2D eigenvalue weighted by molar-refractivity contribution is 6.69. The normalized spacial score (nSPS) is 11.0. The summed E-state index contributed by atoms with van der Waals surface area (Å²) in [6.45, 7) is 6.17. The number of methoxy groups -OCH3 is 1. The van der Waals surface area contributed by atoms with Crippen molar-refractivity contribution in [2.75, 3.05) is 7.11 Å². The summed E-state index contributed by atoms with van der Waals surface area (Å²) < 4.78 is 5.00. The van der Waals surface area contributed by atoms with Crippen molar-refractivity contribution >= 4 is 17.3 Å². The van der Waals surface area contributed by atoms with Gasteiger partial charge in [-0.25, -0.2) is 0 Å². The number of carbonyl (C=O) groups excluding carboxylic acids is 3. The maximum Gasteiger partial charge on any atom is 0.273 e. The Balaban J connectivity index is 2.19. The molecule has 124 valence electrons. The van der Waals surface area contributed by atoms with Crippen molar-refractivity contribution < 1.29 is 19.1 Å². The van der Waals surface area contributed by atoms with Gasteiger partial charge >= 0.3 is 0 Å². The van der Waals surface area contributed by atoms with Crippen molar-refractivity contribution in [3.8, 4) is 5.75 Å². The van der Waals surface area contributed by atoms with Gasteiger partial charge in [0.05, 0.1) is 7.11 Å². The third-order valence-corrected chi connectivity index (χ3v) is 3.78. The molecule has 2 aromatic carbocycles. The van der Waals surface area contributed by atoms with E-state index >= 15 is 0 Å². The largest absolute Gasteiger partial charge is 0.497 e. The van der Waals surface area contributed by atoms with Gasteiger partial charge in [0, 0.05) is 11.1 Å². The van der Waals surface area contributed by atoms with Crippen LogP contribution in [0.5, 0.6) is 5.75 Å². The lowest BCUT2D eigenvalue weighted by Crippen LogP contribution is -2.24. The zero-order chi connectivity index (χ0) is 17.9. The fourth-order valence-electron chi connectivity index (χ4n) is 2.23. The first-order chi connectivity index (χ1) is 11.2. The molecule has 4 nitrogen and oxygen atoms in total. The minimum absolute atomic E-state index is 0.0511. The van der Waals surface area contributed by atoms with Crippen LogP contribution in [0.2, 0.25) is 0 Å². The van der Waals surface area contributed by atoms with E-state index in [4.69, 9.17) is 4.74 Å². The maximum atomic E-state index is 12.2. The molecule has 0 spiro atoms. The number of carbonyl (C=O) groups is 3. The standard InChI is InChI=1S/C20H20O4/c1-20(2,3)15-9-5-13(6-10-15)17(21)19(23)18(22)14-7-11-16(24-4)12-8-14/h5-12H,1-4H3. The van der Waals surface area contributed by atoms with Gasteiger partial charge in [0.25, 0.3) is 5.78 Å². The quantitative estimate of drug-likeness (QED) is 0.479. The minimum atomic E-state index is -1.04. The highest BCUT2D eigenvalue weighted by Crippen LogP contribution is 2.22. The lowest BCUT2D eigenvalue weighted by Gasteiger charge is -2.18. The first kappa shape index (κ1) is 17.6. The van der Waals surface area contributed by atoms with Crippen LogP contribution < -0.4 is 4.74 Å². The summed E-state index contributed by atoms with van der Waals surface area (Å²) >= 11 is 0. The number of hydrogen-bond donors (Lipinski definition) is 0. The average Bonchev–Trinajstić information content (AvgIpc) is 2.59. The maximum absolute atomic E-state index is 12.2. The Kier molecular flexibility index (Phi) is 4.98. The van der Waals surface area contributed by atoms with Gasteiger partial charge in [-0.2, -0.15) is 0 Å². The van der Waals surface area contributed by atoms with Crippen molar-refractivity contribution in [1.29, 1.82) is 0 Å². The predicted octanol–water partition coefficient (Wildman–Crippen LogP) is 3.63. The monoisotopic (exact) mass is 324 g/mol. The molecule has 2 rings (SSSR count). The minimum Gasteiger partial charge on any atom is -0.497 e. The molecule has 0 aliphatic rings. The molecule has 2 aromatic rings. The topological polar surface area (TPSA) is 60.4 Å². The van der Waals surface area contributed by atoms with E-state index in [-0.39, 0.29) is 16.5 Å². The molecule has 0 unspecified atom stereocenters. The van der Waals surface area contributed by atoms with E-state index < -0.39 is 17.3 Å². The Morgan fingerprint density at radius 3 is 1.54 bits per heavy atom. The summed E-state index contributed by atoms with van der Waals surface area (Å²) in [6, 6.07) is 12.9. The van der Waals surface area contributed by atoms with E-state index in [2.05, 4.69) is 20.8 Å². The van der Waals surface area contributed by atoms with Crippen LogP contribution in [0.4, 0.5) is 0 Å². The SMILES string of the molecule is COc1ccc(C(=O)C(=O)C(=O)c2ccc(C(C)(C)C)cc2)cc1. The molecule has 0 N–H and O–H groups in total. The molecule has 0 saturated heterocycles. The fourth-order valence-corrected chi connectivity index (χ4v) is 2.23. The number of ether oxygens (including phenoxy) is 1. The Bertz CT molecular complexity index is 763. The fraction of sp³-hybridized carbons (Fsp3) is 0.250. The van der Waals surface area contributed by atoms with Crippen LogP contribution in [0.15, 0.2) is 48.5 Å². The highest BCUT2D eigenvalue weighted by atomic mass is 16.5. The molecule has 0 heterocycles. The molecule has 0 atom stereocenters. The van der Waals surface area contributed by atoms with Gasteiger partial charge in [0.15, 0.2) is 0 Å². The molecule has 0 aliphatic heterocycles. The van der Waals surface area contributed by atoms with Crippen molar-refractivity contribution in [2.45, 2.75) is 26.2 Å². The van der Waals surface area contributed by atoms with E-state index in [1.807, 2.05) is 0 Å². The van der Waals surface area contributed by atoms with E-state index in [0.717, 1.165) is 5.56 Å². The molecular weight excluding hydrogens is 304 g/mol. The number of Topliss-reactive ketones (excluding diaryl/α,β-unsaturated/α-hetero) is 3. The van der Waals surface area contributed by atoms with Crippen molar-refractivity contribution in [3.05, 3.63) is 65.2 Å². The van der Waals surface area contributed by atoms with E-state index in [1.54, 1.807) is 36.4 Å². The van der Waals surface area contributed by atoms with Crippen molar-refractivity contribution in [2.24, 2.45) is 0 Å². The second kappa shape index (κ2) is 6.79. The summed E-state index contributed by atoms with van der Waals surface area (Å²) in [5.41, 5.74) is 1.38. The van der Waals surface area contributed by atoms with Crippen molar-refractivity contribution in [1.82, 2.24) is 0 Å². The highest BCUT2D eigenvalue weighted by Gasteiger charge is 2.25. The number of hydrogen-bond acceptors (Lipinski definition) is 4. The number of benzene rings is 2. The summed E-state index contributed by atoms with van der Waals surface area (Å²) in [5, 5.41) is 0. The van der Waals surface area contributed by atoms with Crippen LogP contribution in [0, 0.1) is 0 Å². The smallest absolute Gasteiger partial charge is 0.273 e. The van der Waals surface area contributed by atoms with Crippen LogP contribution in [-0.2, 0) is 10.2 Å². The van der Waals surface area contributed by atoms with Gasteiger partial charge < -0.3 is 4.74 Å². The summed E-state index contributed by atoms with van der Waals surface area (Å²) in [7, 11) is 1.51. The van der Waals surface area contributed by atoms with Gasteiger partial charge in [0.2, 0.25) is 11.6 Å². The van der Waals surface area contributed by atoms with E-state index in [1.165, 1.54) is 19.2 Å². The van der Waals surface area contributed by atoms with Crippen LogP contribution in [0.3, 0.4) is 0 Å². The van der Waals surface area contributed by atoms with Gasteiger partial charge in [-0.15, -0.1) is 0 Å². The molecule has 0 saturated carbocycles. The van der Waals surface area contributed by atoms with Crippen molar-refractivity contribution in [3.63, 3.8) is 0 Å². The Morgan fingerprint density at radius 2 is 1.17 bits per heavy atom. The zero-order valence-corrected chi connectivity index (χ0v) is 14.3. The van der Waals surface area contributed by atoms with Crippen LogP contribution >= 0.6 is 0 Å². The summed E-state index contributed by atoms with van der Waals surface area (Å²) in [4.78, 5) is 36.6. The zero-order valence-electron chi connectivity index (χ0n) is 14.3. The molecule has 0 radical (unpaired) electrons. The van der Waals surface area contributed by atoms with E-state index in [9.17, 15) is 14.4 Å². The van der Waals surface area contributed by atoms with Gasteiger partial charge in [-0.1, -0.05) is 45.0 Å². The Hall–Kier alpha value is -2.75. The van der Waals surface area contributed by atoms with E-state index in [0.29, 0.717) is 5.75 Å². The van der Waals surface area contributed by atoms with Gasteiger partial charge in [-0.3, -0.25) is 14.4 Å². The van der Waals surface area contributed by atoms with Gasteiger partial charge in [-0.05, 0) is 35.2 Å². The predicted molar refractivity (Wildman–Crippen MR) is 91.8 cm³/mol. The van der Waals surface area contributed by atoms with Crippen LogP contribution in [-0.4, -0.2) is 24.5 Å². The molecule has 0 aliphatic carbocycles. The first-order valence-electron chi connectivity index (χ1n) is 7.62. The van der Waals surface area contributed by atoms with Crippen LogP contribution in [0.25, 0.3) is 0 Å². The average molecular weight is 324 g/mol. The molecule has 4 heteroatoms. The van der Waals surface area contributed by atoms with Crippen LogP contribution in [0.1, 0.15) is 47.1 Å². The Labute approximate surface area is 141 Å². The molecular formula is C20H20O4. The summed E-state index contributed by atoms with van der Waals surface area (Å²) in [5.74, 6) is -2.08. The Morgan fingerprint density at radius 1 is 0.750 bits per heavy atom. The van der Waals surface area contributed by atoms with Gasteiger partial charge in [0.1, 0.15) is 5.75 Å². The lowest BCUT2D eigenvalue weighted by atomic mass is 9.86. The first-order valence-corrected chi connectivity index (χ1v) is 7.62. The molecule has 0 amide bonds. The second-order valence-electron chi connectivity index (χ2n) is 6.54. The molecule has 0 bridgehead atoms. The number of ketones is 3. The second-order valence-corrected chi connectivity index (χ2v) is 6.54. The molecule has 0 fully saturated rings. The number of rotatable bonds is 5. The third kappa shape index (κ3) is 3.77. The summed E-state index contributed by atoms with van der Waals surface area (Å²) in [6.07, 6.45) is 0. The third-order valence-electron chi connectivity index (χ3n) is 3.78.